The average molecular weight is 324 g/mol. The maximum absolute atomic E-state index is 6.35. The molecule has 2 aliphatic rings. The van der Waals surface area contributed by atoms with E-state index < -0.39 is 0 Å². The summed E-state index contributed by atoms with van der Waals surface area (Å²) in [5.41, 5.74) is 4.35. The molecule has 0 saturated heterocycles. The van der Waals surface area contributed by atoms with Gasteiger partial charge in [-0.2, -0.15) is 0 Å². The highest BCUT2D eigenvalue weighted by molar-refractivity contribution is 6.14. The molecule has 1 aliphatic heterocycles. The standard InChI is InChI=1S/C23H16O2/c1-24-17-11-12-18-16(13-17)14-20-19-9-5-6-10-21(19)25-23(22(18)20)15-7-3-2-4-8-15/h2-14H,1H3. The van der Waals surface area contributed by atoms with Gasteiger partial charge >= 0.3 is 0 Å². The molecule has 0 unspecified atom stereocenters. The van der Waals surface area contributed by atoms with Gasteiger partial charge in [-0.3, -0.25) is 0 Å². The highest BCUT2D eigenvalue weighted by atomic mass is 16.5. The Labute approximate surface area is 145 Å². The Kier molecular flexibility index (Phi) is 3.04. The number of ether oxygens (including phenoxy) is 1. The number of para-hydroxylation sites is 1. The lowest BCUT2D eigenvalue weighted by Crippen LogP contribution is -1.87. The van der Waals surface area contributed by atoms with E-state index in [1.54, 1.807) is 7.11 Å². The average Bonchev–Trinajstić information content (AvgIpc) is 3.07. The highest BCUT2D eigenvalue weighted by Gasteiger charge is 2.21. The van der Waals surface area contributed by atoms with Gasteiger partial charge in [0.25, 0.3) is 0 Å². The summed E-state index contributed by atoms with van der Waals surface area (Å²) in [6.07, 6.45) is 0. The fourth-order valence-electron chi connectivity index (χ4n) is 3.58. The third kappa shape index (κ3) is 2.11. The molecule has 3 aromatic carbocycles. The Balaban J connectivity index is 1.97. The fraction of sp³-hybridized carbons (Fsp3) is 0.0435. The quantitative estimate of drug-likeness (QED) is 0.376. The summed E-state index contributed by atoms with van der Waals surface area (Å²) in [6.45, 7) is 0. The van der Waals surface area contributed by atoms with Gasteiger partial charge in [0.15, 0.2) is 0 Å². The number of methoxy groups -OCH3 is 1. The van der Waals surface area contributed by atoms with E-state index in [1.807, 2.05) is 36.4 Å². The van der Waals surface area contributed by atoms with Crippen LogP contribution in [-0.2, 0) is 0 Å². The Bertz CT molecular complexity index is 1170. The zero-order valence-corrected chi connectivity index (χ0v) is 13.8. The molecule has 2 heteroatoms. The van der Waals surface area contributed by atoms with E-state index in [-0.39, 0.29) is 0 Å². The number of fused-ring (bicyclic) bond motifs is 5. The van der Waals surface area contributed by atoms with E-state index in [2.05, 4.69) is 42.5 Å². The van der Waals surface area contributed by atoms with Crippen LogP contribution in [0.2, 0.25) is 0 Å². The maximum Gasteiger partial charge on any atom is 0.143 e. The van der Waals surface area contributed by atoms with Crippen molar-refractivity contribution in [1.29, 1.82) is 0 Å². The molecule has 5 rings (SSSR count). The summed E-state index contributed by atoms with van der Waals surface area (Å²) >= 11 is 0. The van der Waals surface area contributed by atoms with Crippen molar-refractivity contribution in [3.63, 3.8) is 0 Å². The van der Waals surface area contributed by atoms with Crippen LogP contribution < -0.4 is 4.74 Å². The zero-order chi connectivity index (χ0) is 16.8. The minimum atomic E-state index is 0.866. The summed E-state index contributed by atoms with van der Waals surface area (Å²) in [4.78, 5) is 0. The molecule has 2 nitrogen and oxygen atoms in total. The lowest BCUT2D eigenvalue weighted by molar-refractivity contribution is 0.415. The monoisotopic (exact) mass is 324 g/mol. The van der Waals surface area contributed by atoms with Crippen molar-refractivity contribution < 1.29 is 9.15 Å². The normalized spacial score (nSPS) is 11.4. The lowest BCUT2D eigenvalue weighted by Gasteiger charge is -2.12. The van der Waals surface area contributed by atoms with Crippen molar-refractivity contribution >= 4 is 21.7 Å². The van der Waals surface area contributed by atoms with Crippen LogP contribution in [0.4, 0.5) is 0 Å². The SMILES string of the molecule is COc1ccc2c3c(-c4ccccc4)oc4ccccc4c-3cc2c1. The molecular weight excluding hydrogens is 308 g/mol. The summed E-state index contributed by atoms with van der Waals surface area (Å²) < 4.78 is 11.8. The molecular formula is C23H16O2. The first-order valence-corrected chi connectivity index (χ1v) is 8.32. The molecule has 3 aromatic rings. The van der Waals surface area contributed by atoms with Gasteiger partial charge in [0.1, 0.15) is 17.1 Å². The molecule has 0 saturated carbocycles. The molecule has 0 spiro atoms. The van der Waals surface area contributed by atoms with Crippen molar-refractivity contribution in [3.05, 3.63) is 78.9 Å². The molecule has 1 heterocycles. The molecule has 0 N–H and O–H groups in total. The molecule has 0 fully saturated rings. The van der Waals surface area contributed by atoms with E-state index in [0.29, 0.717) is 0 Å². The van der Waals surface area contributed by atoms with Gasteiger partial charge in [-0.1, -0.05) is 48.5 Å². The first kappa shape index (κ1) is 14.1. The molecule has 1 aliphatic carbocycles. The molecule has 120 valence electrons. The largest absolute Gasteiger partial charge is 0.497 e. The van der Waals surface area contributed by atoms with Crippen LogP contribution in [0.1, 0.15) is 0 Å². The second kappa shape index (κ2) is 5.38. The van der Waals surface area contributed by atoms with Gasteiger partial charge in [-0.05, 0) is 46.7 Å². The van der Waals surface area contributed by atoms with Crippen LogP contribution in [0, 0.1) is 0 Å². The first-order chi connectivity index (χ1) is 12.3. The summed E-state index contributed by atoms with van der Waals surface area (Å²) in [5.74, 6) is 1.78. The highest BCUT2D eigenvalue weighted by Crippen LogP contribution is 2.46. The van der Waals surface area contributed by atoms with Crippen molar-refractivity contribution in [1.82, 2.24) is 0 Å². The first-order valence-electron chi connectivity index (χ1n) is 8.32. The molecule has 0 radical (unpaired) electrons. The minimum absolute atomic E-state index is 0.866. The summed E-state index contributed by atoms with van der Waals surface area (Å²) in [6, 6.07) is 26.9. The van der Waals surface area contributed by atoms with Gasteiger partial charge < -0.3 is 9.15 Å². The van der Waals surface area contributed by atoms with Crippen LogP contribution >= 0.6 is 0 Å². The lowest BCUT2D eigenvalue weighted by atomic mass is 9.98. The number of rotatable bonds is 2. The van der Waals surface area contributed by atoms with Crippen LogP contribution in [0.5, 0.6) is 5.75 Å². The van der Waals surface area contributed by atoms with Crippen molar-refractivity contribution in [2.75, 3.05) is 7.11 Å². The fourth-order valence-corrected chi connectivity index (χ4v) is 3.58. The zero-order valence-electron chi connectivity index (χ0n) is 13.8. The van der Waals surface area contributed by atoms with Crippen molar-refractivity contribution in [2.24, 2.45) is 0 Å². The van der Waals surface area contributed by atoms with E-state index in [1.165, 1.54) is 10.9 Å². The van der Waals surface area contributed by atoms with Crippen molar-refractivity contribution in [3.8, 4) is 28.2 Å². The van der Waals surface area contributed by atoms with Crippen molar-refractivity contribution in [2.45, 2.75) is 0 Å². The predicted molar refractivity (Wildman–Crippen MR) is 102 cm³/mol. The minimum Gasteiger partial charge on any atom is -0.497 e. The third-order valence-electron chi connectivity index (χ3n) is 4.75. The topological polar surface area (TPSA) is 22.4 Å². The summed E-state index contributed by atoms with van der Waals surface area (Å²) in [5, 5.41) is 3.48. The van der Waals surface area contributed by atoms with E-state index in [0.717, 1.165) is 39.0 Å². The van der Waals surface area contributed by atoms with E-state index in [9.17, 15) is 0 Å². The van der Waals surface area contributed by atoms with E-state index in [4.69, 9.17) is 9.15 Å². The Morgan fingerprint density at radius 1 is 0.760 bits per heavy atom. The van der Waals surface area contributed by atoms with Crippen LogP contribution in [0.15, 0.2) is 83.3 Å². The van der Waals surface area contributed by atoms with Crippen LogP contribution in [0.3, 0.4) is 0 Å². The summed E-state index contributed by atoms with van der Waals surface area (Å²) in [7, 11) is 1.70. The molecule has 25 heavy (non-hydrogen) atoms. The molecule has 0 amide bonds. The Morgan fingerprint density at radius 3 is 2.40 bits per heavy atom. The van der Waals surface area contributed by atoms with Gasteiger partial charge in [0.05, 0.1) is 7.11 Å². The molecule has 0 bridgehead atoms. The van der Waals surface area contributed by atoms with Gasteiger partial charge in [0, 0.05) is 16.5 Å². The second-order valence-corrected chi connectivity index (χ2v) is 6.18. The number of benzene rings is 3. The third-order valence-corrected chi connectivity index (χ3v) is 4.75. The van der Waals surface area contributed by atoms with Gasteiger partial charge in [-0.25, -0.2) is 0 Å². The predicted octanol–water partition coefficient (Wildman–Crippen LogP) is 6.37. The van der Waals surface area contributed by atoms with Crippen LogP contribution in [-0.4, -0.2) is 7.11 Å². The van der Waals surface area contributed by atoms with E-state index >= 15 is 0 Å². The number of hydrogen-bond acceptors (Lipinski definition) is 2. The smallest absolute Gasteiger partial charge is 0.143 e. The van der Waals surface area contributed by atoms with Gasteiger partial charge in [-0.15, -0.1) is 0 Å². The Hall–Kier alpha value is -3.26. The molecule has 0 atom stereocenters. The Morgan fingerprint density at radius 2 is 1.56 bits per heavy atom. The second-order valence-electron chi connectivity index (χ2n) is 6.18. The molecule has 0 aromatic heterocycles. The maximum atomic E-state index is 6.35. The van der Waals surface area contributed by atoms with Crippen LogP contribution in [0.25, 0.3) is 44.2 Å². The number of hydrogen-bond donors (Lipinski definition) is 0. The van der Waals surface area contributed by atoms with Gasteiger partial charge in [0.2, 0.25) is 0 Å².